The number of carbonyl (C=O) groups is 1. The molecule has 0 saturated carbocycles. The van der Waals surface area contributed by atoms with Crippen molar-refractivity contribution < 1.29 is 4.79 Å². The third-order valence-corrected chi connectivity index (χ3v) is 3.91. The van der Waals surface area contributed by atoms with Gasteiger partial charge in [-0.15, -0.1) is 5.10 Å². The normalized spacial score (nSPS) is 11.0. The van der Waals surface area contributed by atoms with Gasteiger partial charge in [-0.2, -0.15) is 0 Å². The quantitative estimate of drug-likeness (QED) is 0.675. The van der Waals surface area contributed by atoms with Gasteiger partial charge in [0.25, 0.3) is 0 Å². The number of rotatable bonds is 5. The van der Waals surface area contributed by atoms with Gasteiger partial charge in [-0.3, -0.25) is 4.79 Å². The van der Waals surface area contributed by atoms with E-state index in [2.05, 4.69) is 10.4 Å². The topological polar surface area (TPSA) is 46.9 Å². The Labute approximate surface area is 151 Å². The lowest BCUT2D eigenvalue weighted by Gasteiger charge is -2.05. The van der Waals surface area contributed by atoms with Gasteiger partial charge in [-0.1, -0.05) is 54.9 Å². The average molecular weight is 352 g/mol. The van der Waals surface area contributed by atoms with Crippen molar-refractivity contribution in [2.45, 2.75) is 13.3 Å². The summed E-state index contributed by atoms with van der Waals surface area (Å²) in [5.41, 5.74) is 2.82. The molecule has 1 N–H and O–H groups in total. The predicted octanol–water partition coefficient (Wildman–Crippen LogP) is 4.74. The predicted molar refractivity (Wildman–Crippen MR) is 102 cm³/mol. The fraction of sp³-hybridized carbons (Fsp3) is 0.100. The Morgan fingerprint density at radius 3 is 2.68 bits per heavy atom. The number of amides is 1. The molecule has 0 spiro atoms. The zero-order valence-corrected chi connectivity index (χ0v) is 14.6. The van der Waals surface area contributed by atoms with E-state index >= 15 is 0 Å². The van der Waals surface area contributed by atoms with Crippen molar-refractivity contribution >= 4 is 29.4 Å². The summed E-state index contributed by atoms with van der Waals surface area (Å²) in [6.07, 6.45) is 4.05. The molecule has 0 atom stereocenters. The Morgan fingerprint density at radius 2 is 1.96 bits per heavy atom. The van der Waals surface area contributed by atoms with Crippen LogP contribution in [0.1, 0.15) is 18.2 Å². The van der Waals surface area contributed by atoms with Crippen LogP contribution in [-0.4, -0.2) is 15.7 Å². The highest BCUT2D eigenvalue weighted by Crippen LogP contribution is 2.19. The summed E-state index contributed by atoms with van der Waals surface area (Å²) < 4.78 is 1.79. The molecule has 4 nitrogen and oxygen atoms in total. The molecule has 25 heavy (non-hydrogen) atoms. The van der Waals surface area contributed by atoms with Gasteiger partial charge in [0.1, 0.15) is 0 Å². The molecule has 0 radical (unpaired) electrons. The number of carbonyl (C=O) groups excluding carboxylic acids is 1. The van der Waals surface area contributed by atoms with Gasteiger partial charge in [0.05, 0.1) is 5.69 Å². The first kappa shape index (κ1) is 17.0. The van der Waals surface area contributed by atoms with E-state index in [-0.39, 0.29) is 5.91 Å². The number of hydrogen-bond acceptors (Lipinski definition) is 2. The number of anilines is 1. The van der Waals surface area contributed by atoms with Crippen LogP contribution in [-0.2, 0) is 11.2 Å². The van der Waals surface area contributed by atoms with Crippen molar-refractivity contribution in [2.75, 3.05) is 5.32 Å². The minimum Gasteiger partial charge on any atom is -0.306 e. The molecule has 0 unspecified atom stereocenters. The molecule has 0 bridgehead atoms. The van der Waals surface area contributed by atoms with Crippen molar-refractivity contribution in [1.29, 1.82) is 0 Å². The van der Waals surface area contributed by atoms with E-state index in [1.165, 1.54) is 6.08 Å². The highest BCUT2D eigenvalue weighted by Gasteiger charge is 2.10. The van der Waals surface area contributed by atoms with Crippen LogP contribution in [0.5, 0.6) is 0 Å². The standard InChI is InChI=1S/C20H18ClN3O/c1-2-17-14-19(23-24(17)18-10-6-9-16(21)13-18)22-20(25)12-11-15-7-4-3-5-8-15/h3-14H,2H2,1H3,(H,22,23,25)/b12-11+. The first-order valence-electron chi connectivity index (χ1n) is 8.04. The molecule has 0 aliphatic rings. The maximum absolute atomic E-state index is 12.1. The van der Waals surface area contributed by atoms with Crippen LogP contribution in [0.25, 0.3) is 11.8 Å². The maximum Gasteiger partial charge on any atom is 0.249 e. The van der Waals surface area contributed by atoms with Gasteiger partial charge < -0.3 is 5.32 Å². The van der Waals surface area contributed by atoms with Crippen LogP contribution < -0.4 is 5.32 Å². The number of hydrogen-bond donors (Lipinski definition) is 1. The number of nitrogens with one attached hydrogen (secondary N) is 1. The van der Waals surface area contributed by atoms with Gasteiger partial charge in [-0.25, -0.2) is 4.68 Å². The molecule has 3 aromatic rings. The summed E-state index contributed by atoms with van der Waals surface area (Å²) in [5.74, 6) is 0.293. The van der Waals surface area contributed by atoms with Crippen LogP contribution in [0.15, 0.2) is 66.7 Å². The minimum atomic E-state index is -0.220. The van der Waals surface area contributed by atoms with E-state index in [1.807, 2.05) is 67.6 Å². The van der Waals surface area contributed by atoms with Crippen LogP contribution in [0.3, 0.4) is 0 Å². The van der Waals surface area contributed by atoms with Crippen LogP contribution in [0.4, 0.5) is 5.82 Å². The zero-order chi connectivity index (χ0) is 17.6. The Bertz CT molecular complexity index is 900. The molecule has 3 rings (SSSR count). The Balaban J connectivity index is 1.77. The van der Waals surface area contributed by atoms with Crippen molar-refractivity contribution in [1.82, 2.24) is 9.78 Å². The van der Waals surface area contributed by atoms with Gasteiger partial charge in [0, 0.05) is 22.9 Å². The monoisotopic (exact) mass is 351 g/mol. The molecule has 0 aliphatic heterocycles. The van der Waals surface area contributed by atoms with E-state index in [4.69, 9.17) is 11.6 Å². The van der Waals surface area contributed by atoms with Gasteiger partial charge in [0.2, 0.25) is 5.91 Å². The summed E-state index contributed by atoms with van der Waals surface area (Å²) in [6, 6.07) is 19.0. The molecule has 126 valence electrons. The number of benzene rings is 2. The Hall–Kier alpha value is -2.85. The molecule has 1 aromatic heterocycles. The van der Waals surface area contributed by atoms with E-state index in [0.717, 1.165) is 23.4 Å². The Kier molecular flexibility index (Phi) is 5.31. The van der Waals surface area contributed by atoms with Crippen molar-refractivity contribution in [3.8, 4) is 5.69 Å². The molecular formula is C20H18ClN3O. The van der Waals surface area contributed by atoms with E-state index in [0.29, 0.717) is 10.8 Å². The lowest BCUT2D eigenvalue weighted by molar-refractivity contribution is -0.111. The zero-order valence-electron chi connectivity index (χ0n) is 13.8. The summed E-state index contributed by atoms with van der Waals surface area (Å²) >= 11 is 6.06. The molecule has 0 fully saturated rings. The summed E-state index contributed by atoms with van der Waals surface area (Å²) in [5, 5.41) is 7.93. The average Bonchev–Trinajstić information content (AvgIpc) is 3.04. The third-order valence-electron chi connectivity index (χ3n) is 3.68. The first-order valence-corrected chi connectivity index (χ1v) is 8.42. The fourth-order valence-corrected chi connectivity index (χ4v) is 2.65. The minimum absolute atomic E-state index is 0.220. The SMILES string of the molecule is CCc1cc(NC(=O)/C=C/c2ccccc2)nn1-c1cccc(Cl)c1. The molecule has 5 heteroatoms. The lowest BCUT2D eigenvalue weighted by Crippen LogP contribution is -2.09. The fourth-order valence-electron chi connectivity index (χ4n) is 2.47. The highest BCUT2D eigenvalue weighted by molar-refractivity contribution is 6.30. The highest BCUT2D eigenvalue weighted by atomic mass is 35.5. The second kappa shape index (κ2) is 7.81. The van der Waals surface area contributed by atoms with E-state index in [1.54, 1.807) is 10.8 Å². The van der Waals surface area contributed by atoms with Crippen LogP contribution in [0, 0.1) is 0 Å². The van der Waals surface area contributed by atoms with Crippen LogP contribution in [0.2, 0.25) is 5.02 Å². The maximum atomic E-state index is 12.1. The second-order valence-corrected chi connectivity index (χ2v) is 5.94. The molecule has 0 aliphatic carbocycles. The van der Waals surface area contributed by atoms with E-state index < -0.39 is 0 Å². The molecule has 2 aromatic carbocycles. The molecule has 1 heterocycles. The first-order chi connectivity index (χ1) is 12.2. The van der Waals surface area contributed by atoms with E-state index in [9.17, 15) is 4.79 Å². The number of nitrogens with zero attached hydrogens (tertiary/aromatic N) is 2. The molecule has 1 amide bonds. The van der Waals surface area contributed by atoms with Gasteiger partial charge >= 0.3 is 0 Å². The summed E-state index contributed by atoms with van der Waals surface area (Å²) in [6.45, 7) is 2.04. The van der Waals surface area contributed by atoms with Crippen molar-refractivity contribution in [2.24, 2.45) is 0 Å². The lowest BCUT2D eigenvalue weighted by atomic mass is 10.2. The van der Waals surface area contributed by atoms with Crippen molar-refractivity contribution in [3.05, 3.63) is 83.0 Å². The number of aryl methyl sites for hydroxylation is 1. The van der Waals surface area contributed by atoms with Crippen molar-refractivity contribution in [3.63, 3.8) is 0 Å². The second-order valence-electron chi connectivity index (χ2n) is 5.50. The molecule has 0 saturated heterocycles. The molecular weight excluding hydrogens is 334 g/mol. The summed E-state index contributed by atoms with van der Waals surface area (Å²) in [7, 11) is 0. The Morgan fingerprint density at radius 1 is 1.16 bits per heavy atom. The summed E-state index contributed by atoms with van der Waals surface area (Å²) in [4.78, 5) is 12.1. The third kappa shape index (κ3) is 4.37. The van der Waals surface area contributed by atoms with Crippen LogP contribution >= 0.6 is 11.6 Å². The smallest absolute Gasteiger partial charge is 0.249 e. The largest absolute Gasteiger partial charge is 0.306 e. The van der Waals surface area contributed by atoms with Gasteiger partial charge in [0.15, 0.2) is 5.82 Å². The number of aromatic nitrogens is 2. The van der Waals surface area contributed by atoms with Gasteiger partial charge in [-0.05, 0) is 36.3 Å². The number of halogens is 1.